The fourth-order valence-corrected chi connectivity index (χ4v) is 3.77. The van der Waals surface area contributed by atoms with E-state index in [1.165, 1.54) is 0 Å². The molecule has 0 spiro atoms. The molecule has 1 atom stereocenters. The molecule has 1 aliphatic rings. The van der Waals surface area contributed by atoms with Crippen molar-refractivity contribution in [3.8, 4) is 0 Å². The summed E-state index contributed by atoms with van der Waals surface area (Å²) >= 11 is 5.00. The molecule has 0 bridgehead atoms. The van der Waals surface area contributed by atoms with Crippen LogP contribution in [0.25, 0.3) is 0 Å². The first-order valence-corrected chi connectivity index (χ1v) is 8.51. The van der Waals surface area contributed by atoms with Crippen LogP contribution in [0.3, 0.4) is 0 Å². The maximum Gasteiger partial charge on any atom is 0.256 e. The highest BCUT2D eigenvalue weighted by Gasteiger charge is 2.28. The molecule has 0 saturated carbocycles. The van der Waals surface area contributed by atoms with Crippen LogP contribution in [0.5, 0.6) is 0 Å². The summed E-state index contributed by atoms with van der Waals surface area (Å²) < 4.78 is 27.8. The second-order valence-corrected chi connectivity index (χ2v) is 7.12. The summed E-state index contributed by atoms with van der Waals surface area (Å²) in [5.41, 5.74) is 0. The third-order valence-corrected chi connectivity index (χ3v) is 4.84. The van der Waals surface area contributed by atoms with Crippen LogP contribution in [-0.4, -0.2) is 49.5 Å². The minimum Gasteiger partial charge on any atom is -0.471 e. The fraction of sp³-hybridized carbons (Fsp3) is 0.909. The first-order valence-electron chi connectivity index (χ1n) is 6.28. The van der Waals surface area contributed by atoms with E-state index in [1.54, 1.807) is 0 Å². The van der Waals surface area contributed by atoms with Crippen LogP contribution in [0.4, 0.5) is 0 Å². The van der Waals surface area contributed by atoms with E-state index in [1.807, 2.05) is 0 Å². The van der Waals surface area contributed by atoms with Crippen molar-refractivity contribution in [1.82, 2.24) is 5.32 Å². The summed E-state index contributed by atoms with van der Waals surface area (Å²) in [6.07, 6.45) is 4.30. The van der Waals surface area contributed by atoms with Crippen molar-refractivity contribution in [2.45, 2.75) is 38.1 Å². The maximum absolute atomic E-state index is 11.2. The Morgan fingerprint density at radius 2 is 2.06 bits per heavy atom. The standard InChI is InChI=1S/C11H21NO4S2/c13-6-3-1-2-4-7-16-11(17)12-10-5-8-18(14,15)9-10/h10,13H,1-9H2,(H,12,17)/t10-/m1/s1. The van der Waals surface area contributed by atoms with Gasteiger partial charge in [-0.15, -0.1) is 0 Å². The smallest absolute Gasteiger partial charge is 0.256 e. The summed E-state index contributed by atoms with van der Waals surface area (Å²) in [6, 6.07) is -0.100. The molecule has 18 heavy (non-hydrogen) atoms. The molecule has 0 aromatic rings. The van der Waals surface area contributed by atoms with Crippen molar-refractivity contribution in [3.05, 3.63) is 0 Å². The first kappa shape index (κ1) is 15.7. The Bertz CT molecular complexity index is 356. The molecule has 1 aliphatic heterocycles. The minimum absolute atomic E-state index is 0.100. The molecule has 1 saturated heterocycles. The number of unbranched alkanes of at least 4 members (excludes halogenated alkanes) is 3. The molecule has 5 nitrogen and oxygen atoms in total. The van der Waals surface area contributed by atoms with Crippen molar-refractivity contribution in [2.24, 2.45) is 0 Å². The van der Waals surface area contributed by atoms with Crippen molar-refractivity contribution in [1.29, 1.82) is 0 Å². The number of aliphatic hydroxyl groups is 1. The molecule has 7 heteroatoms. The zero-order valence-electron chi connectivity index (χ0n) is 10.4. The molecule has 0 amide bonds. The van der Waals surface area contributed by atoms with Crippen LogP contribution < -0.4 is 5.32 Å². The zero-order valence-corrected chi connectivity index (χ0v) is 12.1. The number of ether oxygens (including phenoxy) is 1. The van der Waals surface area contributed by atoms with Crippen LogP contribution >= 0.6 is 12.2 Å². The molecule has 1 heterocycles. The zero-order chi connectivity index (χ0) is 13.4. The first-order chi connectivity index (χ1) is 8.53. The Morgan fingerprint density at radius 3 is 2.67 bits per heavy atom. The van der Waals surface area contributed by atoms with Crippen LogP contribution in [0.15, 0.2) is 0 Å². The summed E-state index contributed by atoms with van der Waals surface area (Å²) in [5.74, 6) is 0.376. The van der Waals surface area contributed by atoms with Crippen LogP contribution in [0, 0.1) is 0 Å². The van der Waals surface area contributed by atoms with E-state index in [2.05, 4.69) is 5.32 Å². The molecule has 106 valence electrons. The number of nitrogens with one attached hydrogen (secondary N) is 1. The van der Waals surface area contributed by atoms with Gasteiger partial charge in [-0.25, -0.2) is 8.42 Å². The summed E-state index contributed by atoms with van der Waals surface area (Å²) in [4.78, 5) is 0. The van der Waals surface area contributed by atoms with Gasteiger partial charge in [0.2, 0.25) is 0 Å². The molecular weight excluding hydrogens is 274 g/mol. The molecule has 1 rings (SSSR count). The van der Waals surface area contributed by atoms with E-state index < -0.39 is 9.84 Å². The second-order valence-electron chi connectivity index (χ2n) is 4.52. The highest BCUT2D eigenvalue weighted by atomic mass is 32.2. The number of rotatable bonds is 7. The molecule has 1 fully saturated rings. The van der Waals surface area contributed by atoms with Gasteiger partial charge in [-0.2, -0.15) is 0 Å². The Labute approximate surface area is 114 Å². The van der Waals surface area contributed by atoms with E-state index in [0.717, 1.165) is 25.7 Å². The monoisotopic (exact) mass is 295 g/mol. The fourth-order valence-electron chi connectivity index (χ4n) is 1.85. The van der Waals surface area contributed by atoms with Gasteiger partial charge in [0.25, 0.3) is 5.17 Å². The van der Waals surface area contributed by atoms with Crippen LogP contribution in [0.1, 0.15) is 32.1 Å². The van der Waals surface area contributed by atoms with E-state index in [-0.39, 0.29) is 24.2 Å². The average molecular weight is 295 g/mol. The highest BCUT2D eigenvalue weighted by Crippen LogP contribution is 2.11. The van der Waals surface area contributed by atoms with Gasteiger partial charge in [-0.05, 0) is 37.9 Å². The van der Waals surface area contributed by atoms with Crippen molar-refractivity contribution in [2.75, 3.05) is 24.7 Å². The quantitative estimate of drug-likeness (QED) is 0.530. The molecule has 2 N–H and O–H groups in total. The summed E-state index contributed by atoms with van der Waals surface area (Å²) in [5, 5.41) is 11.8. The maximum atomic E-state index is 11.2. The highest BCUT2D eigenvalue weighted by molar-refractivity contribution is 7.91. The predicted molar refractivity (Wildman–Crippen MR) is 74.3 cm³/mol. The molecule has 0 aromatic heterocycles. The number of aliphatic hydroxyl groups excluding tert-OH is 1. The van der Waals surface area contributed by atoms with Gasteiger partial charge in [0, 0.05) is 12.6 Å². The average Bonchev–Trinajstić information content (AvgIpc) is 2.63. The van der Waals surface area contributed by atoms with Gasteiger partial charge in [0.05, 0.1) is 18.1 Å². The lowest BCUT2D eigenvalue weighted by Crippen LogP contribution is -2.35. The Kier molecular flexibility index (Phi) is 6.88. The van der Waals surface area contributed by atoms with Crippen molar-refractivity contribution in [3.63, 3.8) is 0 Å². The Hall–Kier alpha value is -0.400. The molecule has 0 aromatic carbocycles. The van der Waals surface area contributed by atoms with Crippen molar-refractivity contribution >= 4 is 27.2 Å². The molecular formula is C11H21NO4S2. The van der Waals surface area contributed by atoms with E-state index in [4.69, 9.17) is 22.1 Å². The molecule has 0 radical (unpaired) electrons. The van der Waals surface area contributed by atoms with Crippen LogP contribution in [0.2, 0.25) is 0 Å². The Balaban J connectivity index is 2.04. The Morgan fingerprint density at radius 1 is 1.33 bits per heavy atom. The number of sulfone groups is 1. The third-order valence-electron chi connectivity index (χ3n) is 2.84. The molecule has 0 unspecified atom stereocenters. The number of hydrogen-bond donors (Lipinski definition) is 2. The van der Waals surface area contributed by atoms with Gasteiger partial charge in [0.1, 0.15) is 0 Å². The SMILES string of the molecule is O=S1(=O)CC[C@@H](NC(=S)OCCCCCCO)C1. The van der Waals surface area contributed by atoms with Crippen molar-refractivity contribution < 1.29 is 18.3 Å². The number of hydrogen-bond acceptors (Lipinski definition) is 5. The minimum atomic E-state index is -2.88. The summed E-state index contributed by atoms with van der Waals surface area (Å²) in [7, 11) is -2.88. The lowest BCUT2D eigenvalue weighted by atomic mass is 10.2. The normalized spacial score (nSPS) is 21.7. The lowest BCUT2D eigenvalue weighted by molar-refractivity contribution is 0.266. The van der Waals surface area contributed by atoms with E-state index >= 15 is 0 Å². The third kappa shape index (κ3) is 6.51. The second kappa shape index (κ2) is 7.91. The largest absolute Gasteiger partial charge is 0.471 e. The van der Waals surface area contributed by atoms with Gasteiger partial charge >= 0.3 is 0 Å². The van der Waals surface area contributed by atoms with Gasteiger partial charge in [-0.1, -0.05) is 6.42 Å². The lowest BCUT2D eigenvalue weighted by Gasteiger charge is -2.13. The predicted octanol–water partition coefficient (Wildman–Crippen LogP) is 0.617. The number of thiocarbonyl (C=S) groups is 1. The van der Waals surface area contributed by atoms with Gasteiger partial charge in [-0.3, -0.25) is 0 Å². The van der Waals surface area contributed by atoms with E-state index in [9.17, 15) is 8.42 Å². The van der Waals surface area contributed by atoms with Crippen LogP contribution in [-0.2, 0) is 14.6 Å². The molecule has 0 aliphatic carbocycles. The van der Waals surface area contributed by atoms with Gasteiger partial charge < -0.3 is 15.2 Å². The topological polar surface area (TPSA) is 75.6 Å². The summed E-state index contributed by atoms with van der Waals surface area (Å²) in [6.45, 7) is 0.772. The van der Waals surface area contributed by atoms with Gasteiger partial charge in [0.15, 0.2) is 9.84 Å². The van der Waals surface area contributed by atoms with E-state index in [0.29, 0.717) is 18.2 Å².